The first kappa shape index (κ1) is 17.4. The summed E-state index contributed by atoms with van der Waals surface area (Å²) < 4.78 is 30.5. The number of carbonyl (C=O) groups is 1. The van der Waals surface area contributed by atoms with Crippen LogP contribution in [0.3, 0.4) is 0 Å². The van der Waals surface area contributed by atoms with Gasteiger partial charge in [-0.2, -0.15) is 0 Å². The Morgan fingerprint density at radius 2 is 1.78 bits per heavy atom. The van der Waals surface area contributed by atoms with Gasteiger partial charge in [0.05, 0.1) is 0 Å². The van der Waals surface area contributed by atoms with Crippen molar-refractivity contribution in [1.82, 2.24) is 10.2 Å². The molecule has 0 bridgehead atoms. The fourth-order valence-corrected chi connectivity index (χ4v) is 4.10. The van der Waals surface area contributed by atoms with E-state index in [1.54, 1.807) is 24.3 Å². The average Bonchev–Trinajstić information content (AvgIpc) is 3.19. The van der Waals surface area contributed by atoms with Crippen LogP contribution < -0.4 is 4.90 Å². The van der Waals surface area contributed by atoms with Gasteiger partial charge in [-0.15, -0.1) is 5.10 Å². The number of benzene rings is 2. The number of aromatic nitrogens is 2. The average molecular weight is 383 g/mol. The lowest BCUT2D eigenvalue weighted by atomic mass is 10.0. The number of rotatable bonds is 4. The highest BCUT2D eigenvalue weighted by Crippen LogP contribution is 2.27. The Morgan fingerprint density at radius 1 is 1.04 bits per heavy atom. The zero-order valence-electron chi connectivity index (χ0n) is 14.4. The van der Waals surface area contributed by atoms with Gasteiger partial charge in [-0.3, -0.25) is 4.79 Å². The maximum absolute atomic E-state index is 12.7. The minimum Gasteiger partial charge on any atom is -0.408 e. The van der Waals surface area contributed by atoms with Crippen LogP contribution >= 0.6 is 0 Å². The molecule has 2 aromatic carbocycles. The molecule has 2 heterocycles. The summed E-state index contributed by atoms with van der Waals surface area (Å²) in [6.07, 6.45) is 1.66. The molecule has 0 saturated carbocycles. The van der Waals surface area contributed by atoms with E-state index in [2.05, 4.69) is 10.2 Å². The molecule has 138 valence electrons. The molecule has 0 unspecified atom stereocenters. The molecule has 1 aromatic heterocycles. The first-order valence-corrected chi connectivity index (χ1v) is 10.2. The number of fused-ring (bicyclic) bond motifs is 1. The fourth-order valence-electron chi connectivity index (χ4n) is 3.13. The summed E-state index contributed by atoms with van der Waals surface area (Å²) in [5, 5.41) is 6.88. The smallest absolute Gasteiger partial charge is 0.336 e. The molecule has 1 aliphatic heterocycles. The minimum atomic E-state index is -4.03. The van der Waals surface area contributed by atoms with Crippen LogP contribution in [0.1, 0.15) is 12.0 Å². The number of carbonyl (C=O) groups excluding carboxylic acids is 1. The minimum absolute atomic E-state index is 0.102. The molecule has 8 heteroatoms. The van der Waals surface area contributed by atoms with Crippen LogP contribution in [0.25, 0.3) is 11.5 Å². The quantitative estimate of drug-likeness (QED) is 0.687. The van der Waals surface area contributed by atoms with Gasteiger partial charge in [0.2, 0.25) is 21.6 Å². The summed E-state index contributed by atoms with van der Waals surface area (Å²) in [6, 6.07) is 16.4. The predicted molar refractivity (Wildman–Crippen MR) is 98.9 cm³/mol. The van der Waals surface area contributed by atoms with Crippen LogP contribution in [0.2, 0.25) is 0 Å². The Labute approximate surface area is 156 Å². The number of hydrogen-bond donors (Lipinski definition) is 0. The summed E-state index contributed by atoms with van der Waals surface area (Å²) in [5.74, 6) is -1.11. The summed E-state index contributed by atoms with van der Waals surface area (Å²) in [7, 11) is -4.03. The largest absolute Gasteiger partial charge is 0.408 e. The normalized spacial score (nSPS) is 14.0. The molecule has 0 saturated heterocycles. The van der Waals surface area contributed by atoms with Gasteiger partial charge in [0, 0.05) is 17.8 Å². The van der Waals surface area contributed by atoms with Gasteiger partial charge in [0.25, 0.3) is 0 Å². The topological polar surface area (TPSA) is 93.4 Å². The highest BCUT2D eigenvalue weighted by atomic mass is 32.2. The van der Waals surface area contributed by atoms with E-state index in [1.807, 2.05) is 30.3 Å². The van der Waals surface area contributed by atoms with Crippen molar-refractivity contribution in [2.45, 2.75) is 18.1 Å². The third-order valence-corrected chi connectivity index (χ3v) is 5.74. The van der Waals surface area contributed by atoms with Crippen molar-refractivity contribution >= 4 is 21.4 Å². The zero-order chi connectivity index (χ0) is 18.9. The van der Waals surface area contributed by atoms with Crippen LogP contribution in [0.15, 0.2) is 64.2 Å². The highest BCUT2D eigenvalue weighted by molar-refractivity contribution is 7.91. The lowest BCUT2D eigenvalue weighted by Crippen LogP contribution is -2.39. The molecule has 0 radical (unpaired) electrons. The molecule has 7 nitrogen and oxygen atoms in total. The molecule has 4 rings (SSSR count). The summed E-state index contributed by atoms with van der Waals surface area (Å²) in [5.41, 5.74) is 2.42. The summed E-state index contributed by atoms with van der Waals surface area (Å²) in [6.45, 7) is 0.491. The van der Waals surface area contributed by atoms with E-state index in [4.69, 9.17) is 4.42 Å². The van der Waals surface area contributed by atoms with E-state index in [0.717, 1.165) is 24.1 Å². The molecular formula is C19H17N3O4S. The number of sulfone groups is 1. The number of amides is 1. The Kier molecular flexibility index (Phi) is 4.49. The Morgan fingerprint density at radius 3 is 2.59 bits per heavy atom. The van der Waals surface area contributed by atoms with Crippen molar-refractivity contribution in [3.8, 4) is 11.5 Å². The van der Waals surface area contributed by atoms with Crippen molar-refractivity contribution in [3.63, 3.8) is 0 Å². The first-order chi connectivity index (χ1) is 13.0. The molecule has 0 spiro atoms. The molecule has 3 aromatic rings. The molecule has 0 aliphatic carbocycles. The fraction of sp³-hybridized carbons (Fsp3) is 0.211. The van der Waals surface area contributed by atoms with E-state index < -0.39 is 26.7 Å². The maximum Gasteiger partial charge on any atom is 0.336 e. The molecule has 0 fully saturated rings. The summed E-state index contributed by atoms with van der Waals surface area (Å²) >= 11 is 0. The molecule has 0 atom stereocenters. The number of anilines is 1. The van der Waals surface area contributed by atoms with Crippen LogP contribution in [0.4, 0.5) is 5.69 Å². The second kappa shape index (κ2) is 6.96. The molecule has 0 N–H and O–H groups in total. The highest BCUT2D eigenvalue weighted by Gasteiger charge is 2.31. The zero-order valence-corrected chi connectivity index (χ0v) is 15.2. The molecule has 1 aliphatic rings. The third kappa shape index (κ3) is 3.48. The van der Waals surface area contributed by atoms with Crippen LogP contribution in [0, 0.1) is 0 Å². The third-order valence-electron chi connectivity index (χ3n) is 4.42. The van der Waals surface area contributed by atoms with Crippen LogP contribution in [-0.4, -0.2) is 36.8 Å². The number of hydrogen-bond acceptors (Lipinski definition) is 6. The lowest BCUT2D eigenvalue weighted by molar-refractivity contribution is -0.116. The van der Waals surface area contributed by atoms with Crippen molar-refractivity contribution in [2.75, 3.05) is 17.2 Å². The second-order valence-corrected chi connectivity index (χ2v) is 8.14. The number of aryl methyl sites for hydroxylation is 1. The number of nitrogens with zero attached hydrogens (tertiary/aromatic N) is 3. The van der Waals surface area contributed by atoms with E-state index in [0.29, 0.717) is 12.1 Å². The van der Waals surface area contributed by atoms with Gasteiger partial charge >= 0.3 is 5.22 Å². The van der Waals surface area contributed by atoms with Gasteiger partial charge in [-0.25, -0.2) is 8.42 Å². The van der Waals surface area contributed by atoms with Crippen molar-refractivity contribution in [1.29, 1.82) is 0 Å². The van der Waals surface area contributed by atoms with Crippen molar-refractivity contribution < 1.29 is 17.6 Å². The monoisotopic (exact) mass is 383 g/mol. The van der Waals surface area contributed by atoms with E-state index in [1.165, 1.54) is 4.90 Å². The van der Waals surface area contributed by atoms with Gasteiger partial charge in [0.15, 0.2) is 0 Å². The van der Waals surface area contributed by atoms with Crippen LogP contribution in [-0.2, 0) is 21.1 Å². The van der Waals surface area contributed by atoms with E-state index in [9.17, 15) is 13.2 Å². The van der Waals surface area contributed by atoms with Gasteiger partial charge < -0.3 is 9.32 Å². The van der Waals surface area contributed by atoms with Crippen molar-refractivity contribution in [3.05, 3.63) is 60.2 Å². The van der Waals surface area contributed by atoms with Gasteiger partial charge in [0.1, 0.15) is 5.75 Å². The van der Waals surface area contributed by atoms with E-state index in [-0.39, 0.29) is 5.89 Å². The summed E-state index contributed by atoms with van der Waals surface area (Å²) in [4.78, 5) is 14.2. The molecule has 1 amide bonds. The maximum atomic E-state index is 12.7. The predicted octanol–water partition coefficient (Wildman–Crippen LogP) is 2.49. The number of para-hydroxylation sites is 1. The second-order valence-electron chi connectivity index (χ2n) is 6.28. The molecular weight excluding hydrogens is 366 g/mol. The lowest BCUT2D eigenvalue weighted by Gasteiger charge is -2.29. The first-order valence-electron chi connectivity index (χ1n) is 8.54. The Balaban J connectivity index is 1.56. The Hall–Kier alpha value is -3.00. The van der Waals surface area contributed by atoms with Gasteiger partial charge in [-0.05, 0) is 36.6 Å². The van der Waals surface area contributed by atoms with Gasteiger partial charge in [-0.1, -0.05) is 41.5 Å². The van der Waals surface area contributed by atoms with E-state index >= 15 is 0 Å². The van der Waals surface area contributed by atoms with Crippen molar-refractivity contribution in [2.24, 2.45) is 0 Å². The SMILES string of the molecule is O=C(CS(=O)(=O)c1nnc(-c2ccccc2)o1)N1CCCc2ccccc21. The Bertz CT molecular complexity index is 1080. The standard InChI is InChI=1S/C19H17N3O4S/c23-17(22-12-6-10-14-7-4-5-11-16(14)22)13-27(24,25)19-21-20-18(26-19)15-8-2-1-3-9-15/h1-5,7-9,11H,6,10,12-13H2. The molecule has 27 heavy (non-hydrogen) atoms. The van der Waals surface area contributed by atoms with Crippen LogP contribution in [0.5, 0.6) is 0 Å².